The summed E-state index contributed by atoms with van der Waals surface area (Å²) in [6.07, 6.45) is -4.29. The lowest BCUT2D eigenvalue weighted by Crippen LogP contribution is -2.46. The molecule has 196 valence electrons. The summed E-state index contributed by atoms with van der Waals surface area (Å²) in [5, 5.41) is 11.0. The molecule has 0 bridgehead atoms. The summed E-state index contributed by atoms with van der Waals surface area (Å²) in [6, 6.07) is 13.0. The number of carboxylic acids is 1. The minimum Gasteiger partial charge on any atom is -0.475 e. The Hall–Kier alpha value is -3.51. The highest BCUT2D eigenvalue weighted by Crippen LogP contribution is 2.27. The molecule has 0 saturated carbocycles. The average molecular weight is 550 g/mol. The monoisotopic (exact) mass is 549 g/mol. The summed E-state index contributed by atoms with van der Waals surface area (Å²) in [7, 11) is 0. The van der Waals surface area contributed by atoms with Crippen LogP contribution in [0.4, 0.5) is 13.2 Å². The molecule has 0 unspecified atom stereocenters. The highest BCUT2D eigenvalue weighted by atomic mass is 35.5. The number of carbonyl (C=O) groups is 3. The van der Waals surface area contributed by atoms with E-state index in [1.807, 2.05) is 0 Å². The van der Waals surface area contributed by atoms with Crippen molar-refractivity contribution in [2.75, 3.05) is 6.54 Å². The van der Waals surface area contributed by atoms with E-state index in [0.29, 0.717) is 29.4 Å². The van der Waals surface area contributed by atoms with Crippen molar-refractivity contribution in [1.29, 1.82) is 0 Å². The van der Waals surface area contributed by atoms with Crippen LogP contribution in [0.15, 0.2) is 53.5 Å². The summed E-state index contributed by atoms with van der Waals surface area (Å²) in [5.74, 6) is -4.44. The van der Waals surface area contributed by atoms with Gasteiger partial charge in [0.25, 0.3) is 0 Å². The summed E-state index contributed by atoms with van der Waals surface area (Å²) < 4.78 is 31.7. The number of halogens is 5. The van der Waals surface area contributed by atoms with Crippen molar-refractivity contribution in [3.8, 4) is 0 Å². The van der Waals surface area contributed by atoms with Gasteiger partial charge in [0, 0.05) is 16.6 Å². The first-order chi connectivity index (χ1) is 16.7. The minimum absolute atomic E-state index is 0.0322. The number of amides is 2. The highest BCUT2D eigenvalue weighted by Gasteiger charge is 2.38. The molecular formula is C22H24Cl2F3N5O4. The zero-order valence-electron chi connectivity index (χ0n) is 18.6. The van der Waals surface area contributed by atoms with Crippen LogP contribution >= 0.6 is 23.2 Å². The Morgan fingerprint density at radius 2 is 1.33 bits per heavy atom. The number of alkyl halides is 3. The van der Waals surface area contributed by atoms with E-state index in [4.69, 9.17) is 50.3 Å². The van der Waals surface area contributed by atoms with Gasteiger partial charge in [0.2, 0.25) is 11.8 Å². The second-order valence-electron chi connectivity index (χ2n) is 7.25. The summed E-state index contributed by atoms with van der Waals surface area (Å²) >= 11 is 11.9. The molecule has 0 heterocycles. The second kappa shape index (κ2) is 14.1. The lowest BCUT2D eigenvalue weighted by molar-refractivity contribution is -0.192. The number of nitrogens with two attached hydrogens (primary N) is 3. The first-order valence-corrected chi connectivity index (χ1v) is 10.9. The first-order valence-electron chi connectivity index (χ1n) is 10.2. The molecule has 0 aliphatic heterocycles. The lowest BCUT2D eigenvalue weighted by Gasteiger charge is -2.22. The van der Waals surface area contributed by atoms with E-state index in [2.05, 4.69) is 10.3 Å². The number of aliphatic imine (C=N–C) groups is 1. The zero-order chi connectivity index (χ0) is 27.5. The molecule has 8 N–H and O–H groups in total. The number of nitrogens with zero attached hydrogens (tertiary/aromatic N) is 1. The molecule has 2 aromatic carbocycles. The van der Waals surface area contributed by atoms with Crippen molar-refractivity contribution in [2.24, 2.45) is 22.2 Å². The number of guanidine groups is 1. The number of carbonyl (C=O) groups excluding carboxylic acids is 2. The Balaban J connectivity index is 0.000000809. The van der Waals surface area contributed by atoms with Gasteiger partial charge in [-0.15, -0.1) is 0 Å². The van der Waals surface area contributed by atoms with Crippen LogP contribution in [-0.4, -0.2) is 47.6 Å². The maximum absolute atomic E-state index is 13.1. The molecule has 1 atom stereocenters. The Labute approximate surface area is 214 Å². The SMILES string of the molecule is NC(=O)[C@H](CCCN=C(N)N)NC(=O)C(c1ccc(Cl)cc1)c1ccc(Cl)cc1.O=C(O)C(F)(F)F. The standard InChI is InChI=1S/C20H23Cl2N5O2.C2HF3O2/c21-14-7-3-12(4-8-14)17(13-5-9-15(22)10-6-13)19(29)27-16(18(23)28)2-1-11-26-20(24)25;3-2(4,5)1(6)7/h3-10,16-17H,1-2,11H2,(H2,23,28)(H,27,29)(H4,24,25,26);(H,6,7)/t16-;/m0./s1. The molecule has 0 aliphatic carbocycles. The molecule has 2 amide bonds. The van der Waals surface area contributed by atoms with Gasteiger partial charge in [-0.3, -0.25) is 14.6 Å². The largest absolute Gasteiger partial charge is 0.490 e. The van der Waals surface area contributed by atoms with Crippen molar-refractivity contribution in [1.82, 2.24) is 5.32 Å². The molecule has 0 fully saturated rings. The molecule has 0 aromatic heterocycles. The topological polar surface area (TPSA) is 174 Å². The molecule has 0 radical (unpaired) electrons. The fraction of sp³-hybridized carbons (Fsp3) is 0.273. The van der Waals surface area contributed by atoms with E-state index in [0.717, 1.165) is 11.1 Å². The third-order valence-corrected chi connectivity index (χ3v) is 5.02. The van der Waals surface area contributed by atoms with Gasteiger partial charge in [0.1, 0.15) is 6.04 Å². The summed E-state index contributed by atoms with van der Waals surface area (Å²) in [5.41, 5.74) is 17.5. The number of hydrogen-bond acceptors (Lipinski definition) is 4. The van der Waals surface area contributed by atoms with E-state index in [1.54, 1.807) is 48.5 Å². The van der Waals surface area contributed by atoms with Crippen molar-refractivity contribution in [3.05, 3.63) is 69.7 Å². The smallest absolute Gasteiger partial charge is 0.475 e. The Kier molecular flexibility index (Phi) is 12.0. The third kappa shape index (κ3) is 10.8. The molecule has 0 aliphatic rings. The van der Waals surface area contributed by atoms with Crippen LogP contribution in [0, 0.1) is 0 Å². The van der Waals surface area contributed by atoms with Crippen LogP contribution in [0.1, 0.15) is 29.9 Å². The number of hydrogen-bond donors (Lipinski definition) is 5. The van der Waals surface area contributed by atoms with Crippen molar-refractivity contribution >= 4 is 46.9 Å². The Morgan fingerprint density at radius 3 is 1.67 bits per heavy atom. The molecule has 2 rings (SSSR count). The van der Waals surface area contributed by atoms with Gasteiger partial charge in [-0.25, -0.2) is 4.79 Å². The predicted molar refractivity (Wildman–Crippen MR) is 129 cm³/mol. The van der Waals surface area contributed by atoms with E-state index in [1.165, 1.54) is 0 Å². The average Bonchev–Trinajstić information content (AvgIpc) is 2.78. The van der Waals surface area contributed by atoms with Crippen LogP contribution in [0.25, 0.3) is 0 Å². The van der Waals surface area contributed by atoms with E-state index in [-0.39, 0.29) is 11.9 Å². The van der Waals surface area contributed by atoms with E-state index in [9.17, 15) is 22.8 Å². The Morgan fingerprint density at radius 1 is 0.917 bits per heavy atom. The van der Waals surface area contributed by atoms with Crippen molar-refractivity contribution in [3.63, 3.8) is 0 Å². The molecular weight excluding hydrogens is 526 g/mol. The predicted octanol–water partition coefficient (Wildman–Crippen LogP) is 2.78. The second-order valence-corrected chi connectivity index (χ2v) is 8.12. The fourth-order valence-corrected chi connectivity index (χ4v) is 3.10. The van der Waals surface area contributed by atoms with Crippen LogP contribution in [0.3, 0.4) is 0 Å². The van der Waals surface area contributed by atoms with Crippen LogP contribution in [0.2, 0.25) is 10.0 Å². The van der Waals surface area contributed by atoms with Crippen LogP contribution in [0.5, 0.6) is 0 Å². The van der Waals surface area contributed by atoms with Crippen molar-refractivity contribution < 1.29 is 32.7 Å². The first kappa shape index (κ1) is 30.5. The maximum atomic E-state index is 13.1. The fourth-order valence-electron chi connectivity index (χ4n) is 2.85. The van der Waals surface area contributed by atoms with Crippen LogP contribution < -0.4 is 22.5 Å². The zero-order valence-corrected chi connectivity index (χ0v) is 20.1. The highest BCUT2D eigenvalue weighted by molar-refractivity contribution is 6.30. The normalized spacial score (nSPS) is 11.6. The van der Waals surface area contributed by atoms with Crippen molar-refractivity contribution in [2.45, 2.75) is 31.0 Å². The summed E-state index contributed by atoms with van der Waals surface area (Å²) in [6.45, 7) is 0.333. The number of primary amides is 1. The van der Waals surface area contributed by atoms with Gasteiger partial charge in [-0.1, -0.05) is 47.5 Å². The van der Waals surface area contributed by atoms with E-state index < -0.39 is 30.0 Å². The maximum Gasteiger partial charge on any atom is 0.490 e. The number of aliphatic carboxylic acids is 1. The van der Waals surface area contributed by atoms with Crippen LogP contribution in [-0.2, 0) is 14.4 Å². The summed E-state index contributed by atoms with van der Waals surface area (Å²) in [4.78, 5) is 37.7. The molecule has 9 nitrogen and oxygen atoms in total. The molecule has 14 heteroatoms. The van der Waals surface area contributed by atoms with E-state index >= 15 is 0 Å². The van der Waals surface area contributed by atoms with Gasteiger partial charge in [0.05, 0.1) is 5.92 Å². The quantitative estimate of drug-likeness (QED) is 0.182. The number of nitrogens with one attached hydrogen (secondary N) is 1. The molecule has 0 spiro atoms. The molecule has 2 aromatic rings. The minimum atomic E-state index is -5.08. The number of benzene rings is 2. The number of carboxylic acid groups (broad SMARTS) is 1. The van der Waals surface area contributed by atoms with Gasteiger partial charge in [0.15, 0.2) is 5.96 Å². The van der Waals surface area contributed by atoms with Gasteiger partial charge in [-0.05, 0) is 48.2 Å². The van der Waals surface area contributed by atoms with Gasteiger partial charge < -0.3 is 27.6 Å². The molecule has 36 heavy (non-hydrogen) atoms. The van der Waals surface area contributed by atoms with Gasteiger partial charge in [-0.2, -0.15) is 13.2 Å². The van der Waals surface area contributed by atoms with Gasteiger partial charge >= 0.3 is 12.1 Å². The number of rotatable bonds is 9. The third-order valence-electron chi connectivity index (χ3n) is 4.52. The lowest BCUT2D eigenvalue weighted by atomic mass is 9.90. The Bertz CT molecular complexity index is 1020. The molecule has 0 saturated heterocycles.